The number of aryl methyl sites for hydroxylation is 1. The van der Waals surface area contributed by atoms with Crippen LogP contribution >= 0.6 is 0 Å². The summed E-state index contributed by atoms with van der Waals surface area (Å²) in [7, 11) is 1.72. The van der Waals surface area contributed by atoms with Crippen LogP contribution in [0.5, 0.6) is 5.75 Å². The first-order valence-electron chi connectivity index (χ1n) is 8.82. The molecule has 5 nitrogen and oxygen atoms in total. The summed E-state index contributed by atoms with van der Waals surface area (Å²) in [6, 6.07) is 8.32. The molecule has 1 aromatic heterocycles. The summed E-state index contributed by atoms with van der Waals surface area (Å²) < 4.78 is 5.34. The number of nitrogens with zero attached hydrogens (tertiary/aromatic N) is 4. The fourth-order valence-electron chi connectivity index (χ4n) is 3.76. The van der Waals surface area contributed by atoms with Gasteiger partial charge in [-0.2, -0.15) is 0 Å². The zero-order valence-corrected chi connectivity index (χ0v) is 14.2. The minimum Gasteiger partial charge on any atom is -0.497 e. The molecule has 0 spiro atoms. The minimum absolute atomic E-state index is 0.916. The van der Waals surface area contributed by atoms with Gasteiger partial charge in [0.1, 0.15) is 17.9 Å². The van der Waals surface area contributed by atoms with Gasteiger partial charge in [-0.25, -0.2) is 9.97 Å². The summed E-state index contributed by atoms with van der Waals surface area (Å²) in [6.45, 7) is 4.01. The Labute approximate surface area is 143 Å². The van der Waals surface area contributed by atoms with E-state index < -0.39 is 0 Å². The summed E-state index contributed by atoms with van der Waals surface area (Å²) in [5.41, 5.74) is 3.89. The number of rotatable bonds is 3. The molecule has 4 rings (SSSR count). The highest BCUT2D eigenvalue weighted by Crippen LogP contribution is 2.29. The molecule has 2 aromatic rings. The van der Waals surface area contributed by atoms with Gasteiger partial charge in [0.05, 0.1) is 7.11 Å². The predicted molar refractivity (Wildman–Crippen MR) is 96.1 cm³/mol. The Morgan fingerprint density at radius 2 is 1.75 bits per heavy atom. The Morgan fingerprint density at radius 1 is 0.958 bits per heavy atom. The zero-order chi connectivity index (χ0) is 16.4. The minimum atomic E-state index is 0.916. The summed E-state index contributed by atoms with van der Waals surface area (Å²) in [6.07, 6.45) is 6.49. The van der Waals surface area contributed by atoms with E-state index in [0.717, 1.165) is 44.8 Å². The zero-order valence-electron chi connectivity index (χ0n) is 14.2. The number of ether oxygens (including phenoxy) is 1. The third-order valence-corrected chi connectivity index (χ3v) is 5.10. The maximum atomic E-state index is 5.34. The quantitative estimate of drug-likeness (QED) is 0.868. The molecule has 126 valence electrons. The lowest BCUT2D eigenvalue weighted by atomic mass is 9.96. The Balaban J connectivity index is 1.48. The molecule has 0 unspecified atom stereocenters. The third-order valence-electron chi connectivity index (χ3n) is 5.10. The van der Waals surface area contributed by atoms with Crippen molar-refractivity contribution in [2.75, 3.05) is 43.1 Å². The monoisotopic (exact) mass is 324 g/mol. The van der Waals surface area contributed by atoms with Gasteiger partial charge in [-0.15, -0.1) is 0 Å². The molecule has 0 bridgehead atoms. The van der Waals surface area contributed by atoms with Crippen molar-refractivity contribution in [2.24, 2.45) is 0 Å². The molecule has 1 aliphatic carbocycles. The molecule has 1 aliphatic heterocycles. The molecule has 5 heteroatoms. The molecular weight excluding hydrogens is 300 g/mol. The van der Waals surface area contributed by atoms with Crippen molar-refractivity contribution in [3.8, 4) is 5.75 Å². The average molecular weight is 324 g/mol. The van der Waals surface area contributed by atoms with Crippen LogP contribution < -0.4 is 14.5 Å². The van der Waals surface area contributed by atoms with Gasteiger partial charge < -0.3 is 14.5 Å². The van der Waals surface area contributed by atoms with Crippen molar-refractivity contribution in [2.45, 2.75) is 25.7 Å². The van der Waals surface area contributed by atoms with E-state index in [1.807, 2.05) is 6.07 Å². The second kappa shape index (κ2) is 6.67. The molecular formula is C19H24N4O. The maximum absolute atomic E-state index is 5.34. The van der Waals surface area contributed by atoms with Crippen LogP contribution in [0.15, 0.2) is 30.6 Å². The van der Waals surface area contributed by atoms with E-state index in [0.29, 0.717) is 0 Å². The first-order chi connectivity index (χ1) is 11.8. The number of hydrogen-bond donors (Lipinski definition) is 0. The molecule has 2 aliphatic rings. The van der Waals surface area contributed by atoms with E-state index in [4.69, 9.17) is 4.74 Å². The first kappa shape index (κ1) is 15.2. The Bertz CT molecular complexity index is 710. The first-order valence-corrected chi connectivity index (χ1v) is 8.82. The Hall–Kier alpha value is -2.30. The van der Waals surface area contributed by atoms with E-state index >= 15 is 0 Å². The lowest BCUT2D eigenvalue weighted by Gasteiger charge is -2.38. The number of aromatic nitrogens is 2. The van der Waals surface area contributed by atoms with Crippen molar-refractivity contribution in [1.82, 2.24) is 9.97 Å². The lowest BCUT2D eigenvalue weighted by Crippen LogP contribution is -2.47. The molecule has 1 saturated heterocycles. The van der Waals surface area contributed by atoms with Crippen molar-refractivity contribution in [1.29, 1.82) is 0 Å². The fraction of sp³-hybridized carbons (Fsp3) is 0.474. The fourth-order valence-corrected chi connectivity index (χ4v) is 3.76. The van der Waals surface area contributed by atoms with Gasteiger partial charge >= 0.3 is 0 Å². The van der Waals surface area contributed by atoms with E-state index in [1.165, 1.54) is 35.6 Å². The second-order valence-electron chi connectivity index (χ2n) is 6.51. The molecule has 1 aromatic carbocycles. The van der Waals surface area contributed by atoms with Gasteiger partial charge in [0.2, 0.25) is 0 Å². The van der Waals surface area contributed by atoms with Crippen molar-refractivity contribution in [3.05, 3.63) is 41.9 Å². The summed E-state index contributed by atoms with van der Waals surface area (Å²) in [4.78, 5) is 14.0. The van der Waals surface area contributed by atoms with Crippen LogP contribution in [0.2, 0.25) is 0 Å². The van der Waals surface area contributed by atoms with Gasteiger partial charge in [0.25, 0.3) is 0 Å². The summed E-state index contributed by atoms with van der Waals surface area (Å²) >= 11 is 0. The van der Waals surface area contributed by atoms with E-state index in [-0.39, 0.29) is 0 Å². The van der Waals surface area contributed by atoms with Gasteiger partial charge in [0.15, 0.2) is 0 Å². The Morgan fingerprint density at radius 3 is 2.58 bits per heavy atom. The standard InChI is InChI=1S/C19H24N4O/c1-24-16-6-4-5-15(13-16)22-9-11-23(12-10-22)19-17-7-2-3-8-18(17)20-14-21-19/h4-6,13-14H,2-3,7-12H2,1H3. The van der Waals surface area contributed by atoms with Crippen LogP contribution in [-0.4, -0.2) is 43.3 Å². The molecule has 0 saturated carbocycles. The molecule has 1 fully saturated rings. The van der Waals surface area contributed by atoms with E-state index in [1.54, 1.807) is 13.4 Å². The number of anilines is 2. The van der Waals surface area contributed by atoms with E-state index in [2.05, 4.69) is 38.0 Å². The lowest BCUT2D eigenvalue weighted by molar-refractivity contribution is 0.414. The average Bonchev–Trinajstić information content (AvgIpc) is 2.68. The van der Waals surface area contributed by atoms with Gasteiger partial charge in [-0.3, -0.25) is 0 Å². The molecule has 2 heterocycles. The topological polar surface area (TPSA) is 41.5 Å². The molecule has 0 N–H and O–H groups in total. The van der Waals surface area contributed by atoms with Crippen LogP contribution in [0.25, 0.3) is 0 Å². The Kier molecular flexibility index (Phi) is 4.24. The van der Waals surface area contributed by atoms with Crippen molar-refractivity contribution < 1.29 is 4.74 Å². The van der Waals surface area contributed by atoms with Gasteiger partial charge in [0, 0.05) is 49.2 Å². The molecule has 0 atom stereocenters. The number of piperazine rings is 1. The van der Waals surface area contributed by atoms with Crippen LogP contribution in [0, 0.1) is 0 Å². The highest BCUT2D eigenvalue weighted by molar-refractivity contribution is 5.54. The van der Waals surface area contributed by atoms with Crippen LogP contribution in [-0.2, 0) is 12.8 Å². The molecule has 24 heavy (non-hydrogen) atoms. The smallest absolute Gasteiger partial charge is 0.135 e. The van der Waals surface area contributed by atoms with Crippen molar-refractivity contribution in [3.63, 3.8) is 0 Å². The second-order valence-corrected chi connectivity index (χ2v) is 6.51. The molecule has 0 amide bonds. The van der Waals surface area contributed by atoms with Crippen LogP contribution in [0.1, 0.15) is 24.1 Å². The van der Waals surface area contributed by atoms with Crippen LogP contribution in [0.3, 0.4) is 0 Å². The van der Waals surface area contributed by atoms with E-state index in [9.17, 15) is 0 Å². The molecule has 0 radical (unpaired) electrons. The summed E-state index contributed by atoms with van der Waals surface area (Å²) in [5, 5.41) is 0. The van der Waals surface area contributed by atoms with Crippen LogP contribution in [0.4, 0.5) is 11.5 Å². The number of benzene rings is 1. The largest absolute Gasteiger partial charge is 0.497 e. The van der Waals surface area contributed by atoms with Crippen molar-refractivity contribution >= 4 is 11.5 Å². The van der Waals surface area contributed by atoms with Gasteiger partial charge in [-0.05, 0) is 37.8 Å². The normalized spacial score (nSPS) is 17.5. The highest BCUT2D eigenvalue weighted by atomic mass is 16.5. The number of methoxy groups -OCH3 is 1. The summed E-state index contributed by atoms with van der Waals surface area (Å²) in [5.74, 6) is 2.09. The number of hydrogen-bond acceptors (Lipinski definition) is 5. The highest BCUT2D eigenvalue weighted by Gasteiger charge is 2.23. The van der Waals surface area contributed by atoms with Gasteiger partial charge in [-0.1, -0.05) is 6.07 Å². The predicted octanol–water partition coefficient (Wildman–Crippen LogP) is 2.69. The number of fused-ring (bicyclic) bond motifs is 1. The maximum Gasteiger partial charge on any atom is 0.135 e. The SMILES string of the molecule is COc1cccc(N2CCN(c3ncnc4c3CCCC4)CC2)c1. The third kappa shape index (κ3) is 2.90.